The molecule has 3 aliphatic heterocycles. The Morgan fingerprint density at radius 1 is 0.816 bits per heavy atom. The molecule has 0 unspecified atom stereocenters. The summed E-state index contributed by atoms with van der Waals surface area (Å²) in [4.78, 5) is 17.1. The van der Waals surface area contributed by atoms with Crippen LogP contribution >= 0.6 is 11.6 Å². The molecule has 2 aromatic carbocycles. The third kappa shape index (κ3) is 9.52. The summed E-state index contributed by atoms with van der Waals surface area (Å²) in [7, 11) is 0. The van der Waals surface area contributed by atoms with Crippen molar-refractivity contribution in [1.82, 2.24) is 9.80 Å². The van der Waals surface area contributed by atoms with Crippen molar-refractivity contribution in [2.24, 2.45) is 0 Å². The van der Waals surface area contributed by atoms with Crippen molar-refractivity contribution < 1.29 is 64.2 Å². The van der Waals surface area contributed by atoms with E-state index >= 15 is 0 Å². The first-order valence-electron chi connectivity index (χ1n) is 16.2. The molecule has 272 valence electrons. The van der Waals surface area contributed by atoms with Gasteiger partial charge in [0.1, 0.15) is 62.0 Å². The fourth-order valence-corrected chi connectivity index (χ4v) is 6.39. The van der Waals surface area contributed by atoms with E-state index < -0.39 is 80.6 Å². The van der Waals surface area contributed by atoms with Crippen LogP contribution in [0.2, 0.25) is 5.02 Å². The van der Waals surface area contributed by atoms with Crippen LogP contribution in [0.15, 0.2) is 54.6 Å². The number of piperazine rings is 1. The van der Waals surface area contributed by atoms with Crippen molar-refractivity contribution in [3.05, 3.63) is 70.7 Å². The zero-order valence-corrected chi connectivity index (χ0v) is 27.5. The lowest BCUT2D eigenvalue weighted by atomic mass is 9.96. The van der Waals surface area contributed by atoms with Gasteiger partial charge in [-0.2, -0.15) is 0 Å². The highest BCUT2D eigenvalue weighted by molar-refractivity contribution is 6.30. The SMILES string of the molecule is O=C(COCCN1CCN([C@H](c2ccccc2)c2ccc(Cl)cc2)CC1)OC[C@H]1O[C@@H](O[C@H]2[C@H](O)[C@@H](O)[C@H](O)O[C@@H]2CO)[C@H](O)[C@@H](O)[C@H]1O. The molecule has 49 heavy (non-hydrogen) atoms. The van der Waals surface area contributed by atoms with Gasteiger partial charge in [-0.1, -0.05) is 54.1 Å². The van der Waals surface area contributed by atoms with Gasteiger partial charge in [-0.05, 0) is 23.3 Å². The molecule has 11 atom stereocenters. The number of carbonyl (C=O) groups excluding carboxylic acids is 1. The molecule has 0 bridgehead atoms. The molecule has 0 saturated carbocycles. The van der Waals surface area contributed by atoms with E-state index in [0.29, 0.717) is 11.6 Å². The van der Waals surface area contributed by atoms with Gasteiger partial charge in [-0.25, -0.2) is 4.79 Å². The van der Waals surface area contributed by atoms with E-state index in [2.05, 4.69) is 34.1 Å². The molecule has 0 aliphatic carbocycles. The number of benzene rings is 2. The molecule has 0 amide bonds. The number of rotatable bonds is 13. The molecule has 3 saturated heterocycles. The fourth-order valence-electron chi connectivity index (χ4n) is 6.26. The van der Waals surface area contributed by atoms with Crippen LogP contribution in [0.3, 0.4) is 0 Å². The number of carbonyl (C=O) groups is 1. The first-order chi connectivity index (χ1) is 23.6. The highest BCUT2D eigenvalue weighted by atomic mass is 35.5. The minimum atomic E-state index is -1.82. The molecule has 3 heterocycles. The van der Waals surface area contributed by atoms with E-state index in [1.807, 2.05) is 30.3 Å². The quantitative estimate of drug-likeness (QED) is 0.0905. The van der Waals surface area contributed by atoms with Gasteiger partial charge < -0.3 is 59.4 Å². The number of aliphatic hydroxyl groups excluding tert-OH is 7. The Bertz CT molecular complexity index is 1300. The molecule has 16 heteroatoms. The topological polar surface area (TPSA) is 211 Å². The second-order valence-corrected chi connectivity index (χ2v) is 12.8. The zero-order chi connectivity index (χ0) is 35.1. The summed E-state index contributed by atoms with van der Waals surface area (Å²) in [5.41, 5.74) is 2.37. The number of ether oxygens (including phenoxy) is 5. The van der Waals surface area contributed by atoms with Crippen LogP contribution in [0.4, 0.5) is 0 Å². The standard InChI is InChI=1S/C33H45ClN2O13/c34-21-8-6-20(7-9-21)25(19-4-2-1-3-5-19)36-12-10-35(11-13-36)14-15-45-18-24(38)46-17-23-26(39)27(40)30(43)33(48-23)49-31-22(16-37)47-32(44)29(42)28(31)41/h1-9,22-23,25-33,37,39-44H,10-18H2/t22-,23-,25-,26+,27+,28-,29-,30-,31-,32-,33+/m1/s1. The third-order valence-corrected chi connectivity index (χ3v) is 9.30. The predicted octanol–water partition coefficient (Wildman–Crippen LogP) is -1.77. The molecule has 7 N–H and O–H groups in total. The molecule has 3 fully saturated rings. The van der Waals surface area contributed by atoms with E-state index in [1.54, 1.807) is 0 Å². The van der Waals surface area contributed by atoms with Crippen molar-refractivity contribution in [2.75, 3.05) is 59.2 Å². The maximum absolute atomic E-state index is 12.4. The monoisotopic (exact) mass is 712 g/mol. The van der Waals surface area contributed by atoms with Crippen LogP contribution in [-0.4, -0.2) is 172 Å². The summed E-state index contributed by atoms with van der Waals surface area (Å²) in [6.07, 6.45) is -16.5. The van der Waals surface area contributed by atoms with Gasteiger partial charge in [0.15, 0.2) is 12.6 Å². The lowest BCUT2D eigenvalue weighted by molar-refractivity contribution is -0.355. The number of aliphatic hydroxyl groups is 7. The van der Waals surface area contributed by atoms with Gasteiger partial charge in [0.25, 0.3) is 0 Å². The molecule has 0 spiro atoms. The summed E-state index contributed by atoms with van der Waals surface area (Å²) < 4.78 is 26.8. The Balaban J connectivity index is 1.04. The van der Waals surface area contributed by atoms with Crippen molar-refractivity contribution >= 4 is 17.6 Å². The molecule has 0 radical (unpaired) electrons. The minimum absolute atomic E-state index is 0.0942. The smallest absolute Gasteiger partial charge is 0.332 e. The Kier molecular flexibility index (Phi) is 13.7. The van der Waals surface area contributed by atoms with Gasteiger partial charge in [0.2, 0.25) is 0 Å². The summed E-state index contributed by atoms with van der Waals surface area (Å²) >= 11 is 6.14. The summed E-state index contributed by atoms with van der Waals surface area (Å²) in [5, 5.41) is 71.4. The van der Waals surface area contributed by atoms with Gasteiger partial charge >= 0.3 is 5.97 Å². The maximum atomic E-state index is 12.4. The molecule has 5 rings (SSSR count). The molecular weight excluding hydrogens is 668 g/mol. The van der Waals surface area contributed by atoms with Crippen LogP contribution in [0.1, 0.15) is 17.2 Å². The predicted molar refractivity (Wildman–Crippen MR) is 171 cm³/mol. The van der Waals surface area contributed by atoms with Crippen LogP contribution in [-0.2, 0) is 28.5 Å². The second kappa shape index (κ2) is 17.7. The lowest BCUT2D eigenvalue weighted by Gasteiger charge is -2.45. The summed E-state index contributed by atoms with van der Waals surface area (Å²) in [6, 6.07) is 18.3. The third-order valence-electron chi connectivity index (χ3n) is 9.05. The number of nitrogens with zero attached hydrogens (tertiary/aromatic N) is 2. The fraction of sp³-hybridized carbons (Fsp3) is 0.606. The van der Waals surface area contributed by atoms with Crippen LogP contribution in [0.25, 0.3) is 0 Å². The largest absolute Gasteiger partial charge is 0.461 e. The number of hydrogen-bond acceptors (Lipinski definition) is 15. The molecule has 0 aromatic heterocycles. The van der Waals surface area contributed by atoms with Crippen LogP contribution in [0.5, 0.6) is 0 Å². The van der Waals surface area contributed by atoms with Crippen molar-refractivity contribution in [1.29, 1.82) is 0 Å². The molecule has 3 aliphatic rings. The second-order valence-electron chi connectivity index (χ2n) is 12.3. The molecule has 2 aromatic rings. The Morgan fingerprint density at radius 2 is 1.49 bits per heavy atom. The van der Waals surface area contributed by atoms with Gasteiger partial charge in [0, 0.05) is 37.7 Å². The van der Waals surface area contributed by atoms with E-state index in [0.717, 1.165) is 26.2 Å². The maximum Gasteiger partial charge on any atom is 0.332 e. The van der Waals surface area contributed by atoms with E-state index in [9.17, 15) is 40.5 Å². The molecule has 15 nitrogen and oxygen atoms in total. The highest BCUT2D eigenvalue weighted by Crippen LogP contribution is 2.31. The number of hydrogen-bond donors (Lipinski definition) is 7. The molecular formula is C33H45ClN2O13. The lowest BCUT2D eigenvalue weighted by Crippen LogP contribution is -2.64. The normalized spacial score (nSPS) is 33.6. The highest BCUT2D eigenvalue weighted by Gasteiger charge is 2.50. The van der Waals surface area contributed by atoms with Crippen molar-refractivity contribution in [2.45, 2.75) is 67.5 Å². The number of esters is 1. The first-order valence-corrected chi connectivity index (χ1v) is 16.6. The van der Waals surface area contributed by atoms with Gasteiger partial charge in [-0.15, -0.1) is 0 Å². The summed E-state index contributed by atoms with van der Waals surface area (Å²) in [6.45, 7) is 2.52. The average Bonchev–Trinajstić information content (AvgIpc) is 3.11. The van der Waals surface area contributed by atoms with Crippen molar-refractivity contribution in [3.63, 3.8) is 0 Å². The van der Waals surface area contributed by atoms with Crippen LogP contribution in [0, 0.1) is 0 Å². The Labute approximate surface area is 288 Å². The number of halogens is 1. The first kappa shape index (κ1) is 37.9. The van der Waals surface area contributed by atoms with E-state index in [1.165, 1.54) is 11.1 Å². The summed E-state index contributed by atoms with van der Waals surface area (Å²) in [5.74, 6) is -0.749. The zero-order valence-electron chi connectivity index (χ0n) is 26.8. The van der Waals surface area contributed by atoms with Gasteiger partial charge in [0.05, 0.1) is 19.3 Å². The van der Waals surface area contributed by atoms with E-state index in [4.69, 9.17) is 35.3 Å². The average molecular weight is 713 g/mol. The van der Waals surface area contributed by atoms with Crippen molar-refractivity contribution in [3.8, 4) is 0 Å². The Morgan fingerprint density at radius 3 is 2.16 bits per heavy atom. The van der Waals surface area contributed by atoms with E-state index in [-0.39, 0.29) is 19.3 Å². The Hall–Kier alpha value is -2.32. The van der Waals surface area contributed by atoms with Gasteiger partial charge in [-0.3, -0.25) is 9.80 Å². The minimum Gasteiger partial charge on any atom is -0.461 e. The van der Waals surface area contributed by atoms with Crippen LogP contribution < -0.4 is 0 Å².